The lowest BCUT2D eigenvalue weighted by molar-refractivity contribution is 0.187. The van der Waals surface area contributed by atoms with Crippen LogP contribution in [-0.4, -0.2) is 27.0 Å². The van der Waals surface area contributed by atoms with Gasteiger partial charge in [-0.05, 0) is 38.7 Å². The van der Waals surface area contributed by atoms with Crippen molar-refractivity contribution in [1.82, 2.24) is 14.9 Å². The van der Waals surface area contributed by atoms with E-state index in [-0.39, 0.29) is 5.56 Å². The first-order chi connectivity index (χ1) is 11.1. The molecule has 0 radical (unpaired) electrons. The van der Waals surface area contributed by atoms with Crippen molar-refractivity contribution in [3.05, 3.63) is 62.8 Å². The van der Waals surface area contributed by atoms with E-state index in [1.54, 1.807) is 0 Å². The van der Waals surface area contributed by atoms with Gasteiger partial charge in [-0.1, -0.05) is 29.8 Å². The quantitative estimate of drug-likeness (QED) is 0.927. The van der Waals surface area contributed by atoms with Crippen molar-refractivity contribution < 1.29 is 0 Å². The molecule has 1 aromatic carbocycles. The van der Waals surface area contributed by atoms with E-state index in [9.17, 15) is 4.79 Å². The van der Waals surface area contributed by atoms with E-state index >= 15 is 0 Å². The van der Waals surface area contributed by atoms with E-state index < -0.39 is 0 Å². The molecule has 2 atom stereocenters. The first-order valence-corrected chi connectivity index (χ1v) is 8.50. The molecular formula is C19H23N3O. The van der Waals surface area contributed by atoms with Crippen molar-refractivity contribution >= 4 is 0 Å². The third-order valence-corrected chi connectivity index (χ3v) is 5.35. The molecule has 2 aliphatic heterocycles. The summed E-state index contributed by atoms with van der Waals surface area (Å²) >= 11 is 0. The number of aromatic amines is 1. The maximum atomic E-state index is 12.3. The van der Waals surface area contributed by atoms with Crippen LogP contribution in [-0.2, 0) is 19.4 Å². The fourth-order valence-electron chi connectivity index (χ4n) is 4.12. The second-order valence-corrected chi connectivity index (χ2v) is 7.03. The third-order valence-electron chi connectivity index (χ3n) is 5.35. The molecule has 120 valence electrons. The second kappa shape index (κ2) is 5.60. The van der Waals surface area contributed by atoms with Crippen molar-refractivity contribution in [2.24, 2.45) is 0 Å². The van der Waals surface area contributed by atoms with Gasteiger partial charge in [-0.15, -0.1) is 0 Å². The molecule has 0 amide bonds. The maximum absolute atomic E-state index is 12.3. The van der Waals surface area contributed by atoms with Gasteiger partial charge in [0.2, 0.25) is 0 Å². The Labute approximate surface area is 136 Å². The minimum Gasteiger partial charge on any atom is -0.311 e. The van der Waals surface area contributed by atoms with Gasteiger partial charge in [0.15, 0.2) is 0 Å². The largest absolute Gasteiger partial charge is 0.311 e. The number of nitrogens with zero attached hydrogens (tertiary/aromatic N) is 2. The zero-order chi connectivity index (χ0) is 16.0. The van der Waals surface area contributed by atoms with Crippen LogP contribution in [0.3, 0.4) is 0 Å². The molecule has 4 heteroatoms. The summed E-state index contributed by atoms with van der Waals surface area (Å²) in [5.74, 6) is 0.733. The topological polar surface area (TPSA) is 49.0 Å². The van der Waals surface area contributed by atoms with Gasteiger partial charge in [-0.2, -0.15) is 0 Å². The first-order valence-electron chi connectivity index (χ1n) is 8.50. The Balaban J connectivity index is 1.64. The molecule has 1 saturated heterocycles. The summed E-state index contributed by atoms with van der Waals surface area (Å²) in [4.78, 5) is 22.4. The zero-order valence-electron chi connectivity index (χ0n) is 13.8. The number of aryl methyl sites for hydroxylation is 2. The Morgan fingerprint density at radius 2 is 1.83 bits per heavy atom. The van der Waals surface area contributed by atoms with E-state index in [0.717, 1.165) is 36.5 Å². The molecule has 1 fully saturated rings. The van der Waals surface area contributed by atoms with Crippen molar-refractivity contribution in [1.29, 1.82) is 0 Å². The number of fused-ring (bicyclic) bond motifs is 3. The molecule has 4 rings (SSSR count). The highest BCUT2D eigenvalue weighted by Crippen LogP contribution is 2.33. The highest BCUT2D eigenvalue weighted by atomic mass is 16.1. The SMILES string of the molecule is Cc1ccc(CN2[C@@H]3CC[C@@H]2Cc2c(nc(C)[nH]c2=O)C3)cc1. The lowest BCUT2D eigenvalue weighted by Crippen LogP contribution is -2.36. The molecule has 2 aliphatic rings. The van der Waals surface area contributed by atoms with Crippen molar-refractivity contribution in [3.8, 4) is 0 Å². The zero-order valence-corrected chi connectivity index (χ0v) is 13.8. The summed E-state index contributed by atoms with van der Waals surface area (Å²) in [6, 6.07) is 9.78. The smallest absolute Gasteiger partial charge is 0.254 e. The highest BCUT2D eigenvalue weighted by molar-refractivity contribution is 5.26. The first kappa shape index (κ1) is 14.6. The summed E-state index contributed by atoms with van der Waals surface area (Å²) < 4.78 is 0. The Morgan fingerprint density at radius 3 is 2.57 bits per heavy atom. The van der Waals surface area contributed by atoms with Crippen LogP contribution in [0.25, 0.3) is 0 Å². The lowest BCUT2D eigenvalue weighted by Gasteiger charge is -2.27. The van der Waals surface area contributed by atoms with E-state index in [0.29, 0.717) is 12.1 Å². The van der Waals surface area contributed by atoms with Gasteiger partial charge < -0.3 is 4.98 Å². The molecule has 1 N–H and O–H groups in total. The third kappa shape index (κ3) is 2.72. The maximum Gasteiger partial charge on any atom is 0.254 e. The van der Waals surface area contributed by atoms with Gasteiger partial charge >= 0.3 is 0 Å². The average Bonchev–Trinajstić information content (AvgIpc) is 2.78. The summed E-state index contributed by atoms with van der Waals surface area (Å²) in [7, 11) is 0. The molecule has 2 aromatic rings. The molecule has 0 saturated carbocycles. The van der Waals surface area contributed by atoms with Crippen LogP contribution < -0.4 is 5.56 Å². The molecule has 23 heavy (non-hydrogen) atoms. The minimum absolute atomic E-state index is 0.0651. The predicted octanol–water partition coefficient (Wildman–Crippen LogP) is 2.52. The van der Waals surface area contributed by atoms with E-state index in [4.69, 9.17) is 0 Å². The number of benzene rings is 1. The highest BCUT2D eigenvalue weighted by Gasteiger charge is 2.38. The van der Waals surface area contributed by atoms with Crippen LogP contribution in [0.5, 0.6) is 0 Å². The van der Waals surface area contributed by atoms with Crippen LogP contribution in [0.2, 0.25) is 0 Å². The number of nitrogens with one attached hydrogen (secondary N) is 1. The summed E-state index contributed by atoms with van der Waals surface area (Å²) in [5, 5.41) is 0. The van der Waals surface area contributed by atoms with Crippen molar-refractivity contribution in [2.75, 3.05) is 0 Å². The molecule has 2 bridgehead atoms. The van der Waals surface area contributed by atoms with E-state index in [1.165, 1.54) is 24.0 Å². The number of H-pyrrole nitrogens is 1. The van der Waals surface area contributed by atoms with Crippen molar-refractivity contribution in [3.63, 3.8) is 0 Å². The molecule has 0 spiro atoms. The summed E-state index contributed by atoms with van der Waals surface area (Å²) in [6.07, 6.45) is 4.13. The molecule has 0 unspecified atom stereocenters. The van der Waals surface area contributed by atoms with Gasteiger partial charge in [0.05, 0.1) is 5.69 Å². The van der Waals surface area contributed by atoms with Crippen molar-refractivity contribution in [2.45, 2.75) is 58.2 Å². The molecular weight excluding hydrogens is 286 g/mol. The Bertz CT molecular complexity index is 778. The van der Waals surface area contributed by atoms with Gasteiger partial charge in [0.1, 0.15) is 5.82 Å². The van der Waals surface area contributed by atoms with E-state index in [1.807, 2.05) is 6.92 Å². The molecule has 3 heterocycles. The van der Waals surface area contributed by atoms with Gasteiger partial charge in [-0.3, -0.25) is 9.69 Å². The fourth-order valence-corrected chi connectivity index (χ4v) is 4.12. The van der Waals surface area contributed by atoms with Crippen LogP contribution >= 0.6 is 0 Å². The fraction of sp³-hybridized carbons (Fsp3) is 0.474. The predicted molar refractivity (Wildman–Crippen MR) is 90.5 cm³/mol. The Morgan fingerprint density at radius 1 is 1.13 bits per heavy atom. The average molecular weight is 309 g/mol. The summed E-state index contributed by atoms with van der Waals surface area (Å²) in [6.45, 7) is 4.96. The number of aromatic nitrogens is 2. The van der Waals surface area contributed by atoms with Crippen LogP contribution in [0.1, 0.15) is 41.1 Å². The molecule has 4 nitrogen and oxygen atoms in total. The second-order valence-electron chi connectivity index (χ2n) is 7.03. The number of hydrogen-bond donors (Lipinski definition) is 1. The van der Waals surface area contributed by atoms with Crippen LogP contribution in [0, 0.1) is 13.8 Å². The normalized spacial score (nSPS) is 23.6. The summed E-state index contributed by atoms with van der Waals surface area (Å²) in [5.41, 5.74) is 4.65. The number of rotatable bonds is 2. The molecule has 1 aromatic heterocycles. The van der Waals surface area contributed by atoms with Crippen LogP contribution in [0.4, 0.5) is 0 Å². The monoisotopic (exact) mass is 309 g/mol. The Hall–Kier alpha value is -1.94. The standard InChI is InChI=1S/C19H23N3O/c1-12-3-5-14(6-4-12)11-22-15-7-8-16(22)10-18-17(9-15)19(23)21-13(2)20-18/h3-6,15-16H,7-11H2,1-2H3,(H,20,21,23)/t15-,16-/m1/s1. The number of hydrogen-bond acceptors (Lipinski definition) is 3. The van der Waals surface area contributed by atoms with Gasteiger partial charge in [0.25, 0.3) is 5.56 Å². The Kier molecular flexibility index (Phi) is 3.57. The van der Waals surface area contributed by atoms with E-state index in [2.05, 4.69) is 46.1 Å². The lowest BCUT2D eigenvalue weighted by atomic mass is 9.98. The minimum atomic E-state index is 0.0651. The van der Waals surface area contributed by atoms with Gasteiger partial charge in [-0.25, -0.2) is 4.98 Å². The van der Waals surface area contributed by atoms with Gasteiger partial charge in [0, 0.05) is 30.6 Å². The van der Waals surface area contributed by atoms with Crippen LogP contribution in [0.15, 0.2) is 29.1 Å². The molecule has 0 aliphatic carbocycles.